The van der Waals surface area contributed by atoms with E-state index in [2.05, 4.69) is 19.9 Å². The molecule has 0 aliphatic heterocycles. The average Bonchev–Trinajstić information content (AvgIpc) is 3.12. The Hall–Kier alpha value is -2.49. The Morgan fingerprint density at radius 2 is 0.865 bits per heavy atom. The Balaban J connectivity index is 3.99. The lowest BCUT2D eigenvalue weighted by Gasteiger charge is -2.18. The monoisotopic (exact) mass is 742 g/mol. The zero-order chi connectivity index (χ0) is 38.2. The molecule has 0 spiro atoms. The summed E-state index contributed by atoms with van der Waals surface area (Å²) in [5.74, 6) is 0. The van der Waals surface area contributed by atoms with Crippen LogP contribution in [-0.4, -0.2) is 83.1 Å². The topological polar surface area (TPSA) is 110 Å². The van der Waals surface area contributed by atoms with Crippen LogP contribution in [0.5, 0.6) is 0 Å². The van der Waals surface area contributed by atoms with Gasteiger partial charge in [-0.25, -0.2) is 14.4 Å². The van der Waals surface area contributed by atoms with Crippen molar-refractivity contribution in [3.8, 4) is 0 Å². The maximum Gasteiger partial charge on any atom is 0.508 e. The van der Waals surface area contributed by atoms with Gasteiger partial charge >= 0.3 is 18.5 Å². The van der Waals surface area contributed by atoms with Crippen molar-refractivity contribution in [1.29, 1.82) is 0 Å². The zero-order valence-corrected chi connectivity index (χ0v) is 34.0. The van der Waals surface area contributed by atoms with Crippen LogP contribution in [0.3, 0.4) is 0 Å². The number of nitrogens with zero attached hydrogens (tertiary/aromatic N) is 1. The fourth-order valence-corrected chi connectivity index (χ4v) is 5.71. The Morgan fingerprint density at radius 1 is 0.462 bits per heavy atom. The van der Waals surface area contributed by atoms with E-state index in [9.17, 15) is 14.4 Å². The van der Waals surface area contributed by atoms with E-state index >= 15 is 0 Å². The van der Waals surface area contributed by atoms with Crippen molar-refractivity contribution in [2.24, 2.45) is 0 Å². The van der Waals surface area contributed by atoms with E-state index in [1.807, 2.05) is 25.1 Å². The van der Waals surface area contributed by atoms with Gasteiger partial charge in [0, 0.05) is 6.54 Å². The molecule has 0 aliphatic carbocycles. The molecule has 10 nitrogen and oxygen atoms in total. The van der Waals surface area contributed by atoms with Crippen molar-refractivity contribution in [2.75, 3.05) is 53.7 Å². The highest BCUT2D eigenvalue weighted by molar-refractivity contribution is 5.60. The van der Waals surface area contributed by atoms with Crippen molar-refractivity contribution in [3.63, 3.8) is 0 Å². The van der Waals surface area contributed by atoms with Crippen molar-refractivity contribution >= 4 is 18.5 Å². The van der Waals surface area contributed by atoms with Gasteiger partial charge in [0.2, 0.25) is 0 Å². The predicted molar refractivity (Wildman–Crippen MR) is 210 cm³/mol. The van der Waals surface area contributed by atoms with Crippen LogP contribution in [0, 0.1) is 0 Å². The SMILES string of the molecule is CCCCCCC=CCOC(=O)OCCCCCCCCC(CCCCCCCCOC(=O)OCCCCCCCCC)OC(=O)OCCN(C)C. The second-order valence-electron chi connectivity index (χ2n) is 14.3. The van der Waals surface area contributed by atoms with Crippen LogP contribution >= 0.6 is 0 Å². The highest BCUT2D eigenvalue weighted by Gasteiger charge is 2.15. The summed E-state index contributed by atoms with van der Waals surface area (Å²) in [4.78, 5) is 37.8. The summed E-state index contributed by atoms with van der Waals surface area (Å²) in [6.45, 7) is 6.89. The summed E-state index contributed by atoms with van der Waals surface area (Å²) in [7, 11) is 3.88. The lowest BCUT2D eigenvalue weighted by molar-refractivity contribution is 0.0138. The van der Waals surface area contributed by atoms with Gasteiger partial charge in [-0.2, -0.15) is 0 Å². The Bertz CT molecular complexity index is 836. The predicted octanol–water partition coefficient (Wildman–Crippen LogP) is 12.1. The lowest BCUT2D eigenvalue weighted by Crippen LogP contribution is -2.23. The number of unbranched alkanes of at least 4 members (excludes halogenated alkanes) is 20. The fourth-order valence-electron chi connectivity index (χ4n) is 5.71. The summed E-state index contributed by atoms with van der Waals surface area (Å²) in [6.07, 6.45) is 30.2. The normalized spacial score (nSPS) is 11.9. The first-order valence-corrected chi connectivity index (χ1v) is 21.1. The van der Waals surface area contributed by atoms with Gasteiger partial charge in [0.1, 0.15) is 19.3 Å². The number of hydrogen-bond donors (Lipinski definition) is 0. The van der Waals surface area contributed by atoms with Gasteiger partial charge in [-0.3, -0.25) is 0 Å². The molecule has 0 rings (SSSR count). The number of ether oxygens (including phenoxy) is 6. The van der Waals surface area contributed by atoms with Crippen molar-refractivity contribution in [3.05, 3.63) is 12.2 Å². The van der Waals surface area contributed by atoms with Crippen LogP contribution in [0.4, 0.5) is 14.4 Å². The molecule has 10 heteroatoms. The first kappa shape index (κ1) is 49.5. The van der Waals surface area contributed by atoms with Crippen LogP contribution in [0.15, 0.2) is 12.2 Å². The molecule has 0 heterocycles. The van der Waals surface area contributed by atoms with E-state index in [1.54, 1.807) is 0 Å². The van der Waals surface area contributed by atoms with E-state index < -0.39 is 18.5 Å². The smallest absolute Gasteiger partial charge is 0.434 e. The van der Waals surface area contributed by atoms with Crippen LogP contribution in [0.25, 0.3) is 0 Å². The van der Waals surface area contributed by atoms with Crippen LogP contribution in [-0.2, 0) is 28.4 Å². The third-order valence-corrected chi connectivity index (χ3v) is 8.96. The van der Waals surface area contributed by atoms with Gasteiger partial charge in [-0.1, -0.05) is 135 Å². The summed E-state index contributed by atoms with van der Waals surface area (Å²) in [5, 5.41) is 0. The highest BCUT2D eigenvalue weighted by atomic mass is 16.7. The first-order chi connectivity index (χ1) is 25.4. The third-order valence-electron chi connectivity index (χ3n) is 8.96. The zero-order valence-electron chi connectivity index (χ0n) is 34.0. The minimum atomic E-state index is -0.598. The van der Waals surface area contributed by atoms with Crippen LogP contribution in [0.2, 0.25) is 0 Å². The largest absolute Gasteiger partial charge is 0.508 e. The van der Waals surface area contributed by atoms with Gasteiger partial charge in [0.25, 0.3) is 0 Å². The molecular formula is C42H79NO9. The van der Waals surface area contributed by atoms with E-state index in [-0.39, 0.29) is 12.7 Å². The number of likely N-dealkylation sites (N-methyl/N-ethyl adjacent to an activating group) is 1. The second-order valence-corrected chi connectivity index (χ2v) is 14.3. The van der Waals surface area contributed by atoms with Crippen LogP contribution < -0.4 is 0 Å². The number of allylic oxidation sites excluding steroid dienone is 1. The van der Waals surface area contributed by atoms with E-state index in [1.165, 1.54) is 57.8 Å². The molecule has 0 aromatic carbocycles. The molecule has 1 atom stereocenters. The van der Waals surface area contributed by atoms with E-state index in [4.69, 9.17) is 28.4 Å². The van der Waals surface area contributed by atoms with E-state index in [0.29, 0.717) is 33.0 Å². The van der Waals surface area contributed by atoms with Gasteiger partial charge in [-0.15, -0.1) is 0 Å². The molecule has 0 aliphatic rings. The average molecular weight is 742 g/mol. The first-order valence-electron chi connectivity index (χ1n) is 21.1. The standard InChI is InChI=1S/C42H79NO9/c1-5-7-9-11-15-21-27-34-47-40(44)49-36-29-23-17-13-19-25-31-39(52-42(46)51-38-33-43(3)4)32-26-20-14-18-24-30-37-50-41(45)48-35-28-22-16-12-10-8-6-2/h21,27,39H,5-20,22-26,28-38H2,1-4H3. The minimum Gasteiger partial charge on any atom is -0.434 e. The van der Waals surface area contributed by atoms with Gasteiger partial charge in [-0.05, 0) is 71.9 Å². The Morgan fingerprint density at radius 3 is 1.35 bits per heavy atom. The molecule has 0 aromatic heterocycles. The molecule has 0 saturated heterocycles. The molecule has 0 bridgehead atoms. The van der Waals surface area contributed by atoms with E-state index in [0.717, 1.165) is 109 Å². The highest BCUT2D eigenvalue weighted by Crippen LogP contribution is 2.18. The molecule has 0 N–H and O–H groups in total. The molecule has 52 heavy (non-hydrogen) atoms. The maximum absolute atomic E-state index is 12.3. The molecular weight excluding hydrogens is 662 g/mol. The molecule has 306 valence electrons. The van der Waals surface area contributed by atoms with Crippen molar-refractivity contribution in [1.82, 2.24) is 4.90 Å². The summed E-state index contributed by atoms with van der Waals surface area (Å²) in [6, 6.07) is 0. The minimum absolute atomic E-state index is 0.136. The van der Waals surface area contributed by atoms with Gasteiger partial charge in [0.15, 0.2) is 0 Å². The molecule has 1 unspecified atom stereocenters. The molecule has 0 amide bonds. The molecule has 0 saturated carbocycles. The Kier molecular flexibility index (Phi) is 37.8. The number of carbonyl (C=O) groups is 3. The lowest BCUT2D eigenvalue weighted by atomic mass is 10.0. The van der Waals surface area contributed by atoms with Crippen molar-refractivity contribution < 1.29 is 42.8 Å². The maximum atomic E-state index is 12.3. The summed E-state index contributed by atoms with van der Waals surface area (Å²) < 4.78 is 31.6. The molecule has 0 fully saturated rings. The molecule has 0 aromatic rings. The van der Waals surface area contributed by atoms with Crippen LogP contribution in [0.1, 0.15) is 181 Å². The fraction of sp³-hybridized carbons (Fsp3) is 0.881. The summed E-state index contributed by atoms with van der Waals surface area (Å²) >= 11 is 0. The number of rotatable bonds is 37. The number of hydrogen-bond acceptors (Lipinski definition) is 10. The second kappa shape index (κ2) is 39.7. The summed E-state index contributed by atoms with van der Waals surface area (Å²) in [5.41, 5.74) is 0. The quantitative estimate of drug-likeness (QED) is 0.0264. The van der Waals surface area contributed by atoms with Gasteiger partial charge < -0.3 is 33.3 Å². The van der Waals surface area contributed by atoms with Crippen molar-refractivity contribution in [2.45, 2.75) is 187 Å². The number of carbonyl (C=O) groups excluding carboxylic acids is 3. The molecule has 0 radical (unpaired) electrons. The Labute approximate surface area is 318 Å². The third kappa shape index (κ3) is 38.7. The van der Waals surface area contributed by atoms with Gasteiger partial charge in [0.05, 0.1) is 19.8 Å².